The number of carbonyl (C=O) groups is 1. The smallest absolute Gasteiger partial charge is 0.220 e. The van der Waals surface area contributed by atoms with Crippen LogP contribution in [0.2, 0.25) is 0 Å². The molecule has 2 aliphatic carbocycles. The van der Waals surface area contributed by atoms with Crippen LogP contribution < -0.4 is 5.32 Å². The summed E-state index contributed by atoms with van der Waals surface area (Å²) in [6.45, 7) is 1.86. The Kier molecular flexibility index (Phi) is 3.15. The molecule has 1 aliphatic heterocycles. The van der Waals surface area contributed by atoms with Crippen molar-refractivity contribution in [2.24, 2.45) is 17.8 Å². The number of sulfone groups is 1. The molecule has 3 aliphatic rings. The Morgan fingerprint density at radius 3 is 2.63 bits per heavy atom. The fourth-order valence-corrected chi connectivity index (χ4v) is 6.45. The fraction of sp³-hybridized carbons (Fsp3) is 0.929. The van der Waals surface area contributed by atoms with E-state index in [1.807, 2.05) is 6.92 Å². The van der Waals surface area contributed by atoms with E-state index in [4.69, 9.17) is 0 Å². The van der Waals surface area contributed by atoms with E-state index < -0.39 is 15.4 Å². The average Bonchev–Trinajstić information content (AvgIpc) is 2.92. The summed E-state index contributed by atoms with van der Waals surface area (Å²) in [7, 11) is -2.95. The number of hydrogen-bond acceptors (Lipinski definition) is 3. The maximum absolute atomic E-state index is 12.1. The van der Waals surface area contributed by atoms with Crippen molar-refractivity contribution in [3.63, 3.8) is 0 Å². The minimum absolute atomic E-state index is 0.0529. The minimum Gasteiger partial charge on any atom is -0.350 e. The first-order chi connectivity index (χ1) is 8.85. The van der Waals surface area contributed by atoms with Crippen molar-refractivity contribution < 1.29 is 13.2 Å². The summed E-state index contributed by atoms with van der Waals surface area (Å²) < 4.78 is 23.1. The maximum atomic E-state index is 12.1. The van der Waals surface area contributed by atoms with Gasteiger partial charge in [0.2, 0.25) is 5.91 Å². The summed E-state index contributed by atoms with van der Waals surface area (Å²) in [5.41, 5.74) is -0.534. The number of hydrogen-bond donors (Lipinski definition) is 1. The van der Waals surface area contributed by atoms with Crippen LogP contribution in [0.1, 0.15) is 45.4 Å². The maximum Gasteiger partial charge on any atom is 0.220 e. The molecular weight excluding hydrogens is 262 g/mol. The Morgan fingerprint density at radius 2 is 2.11 bits per heavy atom. The molecule has 4 nitrogen and oxygen atoms in total. The molecule has 1 N–H and O–H groups in total. The zero-order chi connectivity index (χ0) is 13.7. The summed E-state index contributed by atoms with van der Waals surface area (Å²) >= 11 is 0. The highest BCUT2D eigenvalue weighted by atomic mass is 32.2. The van der Waals surface area contributed by atoms with Gasteiger partial charge >= 0.3 is 0 Å². The summed E-state index contributed by atoms with van der Waals surface area (Å²) in [6.07, 6.45) is 6.29. The molecule has 2 bridgehead atoms. The molecule has 0 aromatic rings. The topological polar surface area (TPSA) is 63.2 Å². The predicted octanol–water partition coefficient (Wildman–Crippen LogP) is 1.51. The van der Waals surface area contributed by atoms with E-state index in [0.29, 0.717) is 18.8 Å². The van der Waals surface area contributed by atoms with E-state index in [9.17, 15) is 13.2 Å². The van der Waals surface area contributed by atoms with Crippen molar-refractivity contribution >= 4 is 15.7 Å². The van der Waals surface area contributed by atoms with Crippen molar-refractivity contribution in [1.82, 2.24) is 5.32 Å². The molecule has 0 radical (unpaired) electrons. The fourth-order valence-electron chi connectivity index (χ4n) is 4.36. The lowest BCUT2D eigenvalue weighted by molar-refractivity contribution is -0.123. The molecule has 2 saturated carbocycles. The Bertz CT molecular complexity index is 487. The van der Waals surface area contributed by atoms with Crippen molar-refractivity contribution in [1.29, 1.82) is 0 Å². The SMILES string of the molecule is C[C@@]1(NC(=O)C[C@@H]2C[C@H]3CC[C@H]2C3)CCS(=O)(=O)C1. The third-order valence-corrected chi connectivity index (χ3v) is 7.18. The molecule has 19 heavy (non-hydrogen) atoms. The van der Waals surface area contributed by atoms with Gasteiger partial charge in [-0.15, -0.1) is 0 Å². The highest BCUT2D eigenvalue weighted by Crippen LogP contribution is 2.49. The first kappa shape index (κ1) is 13.4. The van der Waals surface area contributed by atoms with Crippen LogP contribution in [-0.4, -0.2) is 31.4 Å². The summed E-state index contributed by atoms with van der Waals surface area (Å²) in [4.78, 5) is 12.1. The molecular formula is C14H23NO3S. The highest BCUT2D eigenvalue weighted by Gasteiger charge is 2.42. The standard InChI is InChI=1S/C14H23NO3S/c1-14(4-5-19(17,18)9-14)15-13(16)8-12-7-10-2-3-11(12)6-10/h10-12H,2-9H2,1H3,(H,15,16)/t10-,11-,12-,14+/m0/s1. The molecule has 3 rings (SSSR count). The summed E-state index contributed by atoms with van der Waals surface area (Å²) in [5.74, 6) is 2.50. The van der Waals surface area contributed by atoms with Crippen molar-refractivity contribution in [3.05, 3.63) is 0 Å². The van der Waals surface area contributed by atoms with Gasteiger partial charge in [0, 0.05) is 6.42 Å². The van der Waals surface area contributed by atoms with E-state index in [2.05, 4.69) is 5.32 Å². The van der Waals surface area contributed by atoms with Crippen LogP contribution >= 0.6 is 0 Å². The van der Waals surface area contributed by atoms with Crippen molar-refractivity contribution in [3.8, 4) is 0 Å². The van der Waals surface area contributed by atoms with E-state index >= 15 is 0 Å². The van der Waals surface area contributed by atoms with Gasteiger partial charge in [0.15, 0.2) is 9.84 Å². The Labute approximate surface area is 115 Å². The van der Waals surface area contributed by atoms with Crippen LogP contribution in [0, 0.1) is 17.8 Å². The Balaban J connectivity index is 1.54. The van der Waals surface area contributed by atoms with Gasteiger partial charge in [-0.05, 0) is 50.4 Å². The van der Waals surface area contributed by atoms with E-state index in [-0.39, 0.29) is 17.4 Å². The third kappa shape index (κ3) is 2.81. The average molecular weight is 285 g/mol. The van der Waals surface area contributed by atoms with Gasteiger partial charge in [0.1, 0.15) is 0 Å². The molecule has 1 saturated heterocycles. The molecule has 0 aromatic carbocycles. The molecule has 3 fully saturated rings. The highest BCUT2D eigenvalue weighted by molar-refractivity contribution is 7.91. The van der Waals surface area contributed by atoms with Crippen molar-refractivity contribution in [2.75, 3.05) is 11.5 Å². The van der Waals surface area contributed by atoms with Gasteiger partial charge in [-0.25, -0.2) is 8.42 Å². The quantitative estimate of drug-likeness (QED) is 0.855. The zero-order valence-electron chi connectivity index (χ0n) is 11.5. The van der Waals surface area contributed by atoms with Crippen LogP contribution in [0.3, 0.4) is 0 Å². The van der Waals surface area contributed by atoms with Gasteiger partial charge in [-0.1, -0.05) is 6.42 Å². The molecule has 0 spiro atoms. The Hall–Kier alpha value is -0.580. The lowest BCUT2D eigenvalue weighted by Gasteiger charge is -2.27. The van der Waals surface area contributed by atoms with Gasteiger partial charge in [-0.2, -0.15) is 0 Å². The number of fused-ring (bicyclic) bond motifs is 2. The van der Waals surface area contributed by atoms with Crippen LogP contribution in [0.5, 0.6) is 0 Å². The largest absolute Gasteiger partial charge is 0.350 e. The normalized spacial score (nSPS) is 43.5. The molecule has 108 valence electrons. The second-order valence-electron chi connectivity index (χ2n) is 7.09. The summed E-state index contributed by atoms with van der Waals surface area (Å²) in [5, 5.41) is 2.98. The van der Waals surface area contributed by atoms with Gasteiger partial charge in [0.05, 0.1) is 17.0 Å². The van der Waals surface area contributed by atoms with Crippen LogP contribution in [-0.2, 0) is 14.6 Å². The molecule has 0 unspecified atom stereocenters. The number of rotatable bonds is 3. The zero-order valence-corrected chi connectivity index (χ0v) is 12.3. The number of nitrogens with one attached hydrogen (secondary N) is 1. The van der Waals surface area contributed by atoms with E-state index in [1.54, 1.807) is 0 Å². The van der Waals surface area contributed by atoms with Gasteiger partial charge in [0.25, 0.3) is 0 Å². The van der Waals surface area contributed by atoms with Crippen molar-refractivity contribution in [2.45, 2.75) is 51.0 Å². The van der Waals surface area contributed by atoms with Crippen LogP contribution in [0.4, 0.5) is 0 Å². The molecule has 4 atom stereocenters. The van der Waals surface area contributed by atoms with Crippen LogP contribution in [0.25, 0.3) is 0 Å². The molecule has 5 heteroatoms. The predicted molar refractivity (Wildman–Crippen MR) is 73.4 cm³/mol. The third-order valence-electron chi connectivity index (χ3n) is 5.28. The Morgan fingerprint density at radius 1 is 1.32 bits per heavy atom. The van der Waals surface area contributed by atoms with Crippen LogP contribution in [0.15, 0.2) is 0 Å². The molecule has 1 amide bonds. The monoisotopic (exact) mass is 285 g/mol. The lowest BCUT2D eigenvalue weighted by atomic mass is 9.86. The minimum atomic E-state index is -2.95. The van der Waals surface area contributed by atoms with Gasteiger partial charge < -0.3 is 5.32 Å². The number of carbonyl (C=O) groups excluding carboxylic acids is 1. The summed E-state index contributed by atoms with van der Waals surface area (Å²) in [6, 6.07) is 0. The van der Waals surface area contributed by atoms with E-state index in [0.717, 1.165) is 11.8 Å². The lowest BCUT2D eigenvalue weighted by Crippen LogP contribution is -2.47. The second kappa shape index (κ2) is 4.47. The molecule has 1 heterocycles. The van der Waals surface area contributed by atoms with E-state index in [1.165, 1.54) is 25.7 Å². The first-order valence-corrected chi connectivity index (χ1v) is 9.19. The first-order valence-electron chi connectivity index (χ1n) is 7.37. The number of amides is 1. The second-order valence-corrected chi connectivity index (χ2v) is 9.27. The van der Waals surface area contributed by atoms with Gasteiger partial charge in [-0.3, -0.25) is 4.79 Å². The molecule has 0 aromatic heterocycles.